The van der Waals surface area contributed by atoms with Gasteiger partial charge < -0.3 is 75.3 Å². The lowest BCUT2D eigenvalue weighted by molar-refractivity contribution is -0.456. The van der Waals surface area contributed by atoms with Gasteiger partial charge in [-0.2, -0.15) is 4.58 Å². The van der Waals surface area contributed by atoms with Crippen molar-refractivity contribution in [3.63, 3.8) is 0 Å². The van der Waals surface area contributed by atoms with E-state index in [1.54, 1.807) is 0 Å². The van der Waals surface area contributed by atoms with Gasteiger partial charge >= 0.3 is 17.9 Å². The van der Waals surface area contributed by atoms with E-state index >= 15 is 0 Å². The molecule has 0 radical (unpaired) electrons. The third kappa shape index (κ3) is 7.25. The molecular formula is C30H37N2O17+. The molecule has 0 aliphatic carbocycles. The highest BCUT2D eigenvalue weighted by atomic mass is 16.8. The summed E-state index contributed by atoms with van der Waals surface area (Å²) in [5.74, 6) is -4.81. The second-order valence-corrected chi connectivity index (χ2v) is 12.0. The summed E-state index contributed by atoms with van der Waals surface area (Å²) in [5.41, 5.74) is 0.435. The SMILES string of the molecule is C[C@H]1O[C@@H](O[C@H]2[C@@H](Oc3cc4c(cc3O)CC(C(=O)O)[N+]4=C/C=C3/C=C(C(=O)O)N[C@@H](C(=O)O)C3)O[C@H](CO)[C@@H](O)[C@H]2O)[C@H](O)[C@H](O)[C@@H]1O. The molecule has 1 aromatic rings. The highest BCUT2D eigenvalue weighted by Gasteiger charge is 2.51. The van der Waals surface area contributed by atoms with Crippen molar-refractivity contribution in [2.45, 2.75) is 93.3 Å². The van der Waals surface area contributed by atoms with Crippen LogP contribution >= 0.6 is 0 Å². The van der Waals surface area contributed by atoms with Gasteiger partial charge in [0.1, 0.15) is 48.4 Å². The van der Waals surface area contributed by atoms with E-state index in [4.69, 9.17) is 18.9 Å². The fraction of sp³-hybridized carbons (Fsp3) is 0.533. The van der Waals surface area contributed by atoms with Crippen LogP contribution in [0.1, 0.15) is 18.9 Å². The van der Waals surface area contributed by atoms with Crippen LogP contribution < -0.4 is 10.1 Å². The molecular weight excluding hydrogens is 660 g/mol. The Labute approximate surface area is 276 Å². The van der Waals surface area contributed by atoms with Gasteiger partial charge in [0, 0.05) is 18.1 Å². The molecule has 19 heteroatoms. The number of aliphatic hydroxyl groups is 6. The van der Waals surface area contributed by atoms with Crippen molar-refractivity contribution in [2.75, 3.05) is 6.61 Å². The topological polar surface area (TPSA) is 305 Å². The summed E-state index contributed by atoms with van der Waals surface area (Å²) < 4.78 is 23.9. The summed E-state index contributed by atoms with van der Waals surface area (Å²) in [6.07, 6.45) is -12.5. The van der Waals surface area contributed by atoms with Crippen molar-refractivity contribution < 1.29 is 89.0 Å². The predicted molar refractivity (Wildman–Crippen MR) is 158 cm³/mol. The third-order valence-electron chi connectivity index (χ3n) is 8.72. The Balaban J connectivity index is 1.48. The first-order valence-corrected chi connectivity index (χ1v) is 15.1. The number of fused-ring (bicyclic) bond motifs is 1. The molecule has 0 aromatic heterocycles. The molecule has 0 saturated carbocycles. The van der Waals surface area contributed by atoms with Crippen molar-refractivity contribution in [3.8, 4) is 11.5 Å². The molecule has 2 saturated heterocycles. The zero-order chi connectivity index (χ0) is 35.9. The van der Waals surface area contributed by atoms with E-state index in [0.717, 1.165) is 0 Å². The molecule has 4 heterocycles. The van der Waals surface area contributed by atoms with Crippen LogP contribution in [-0.4, -0.2) is 160 Å². The Morgan fingerprint density at radius 3 is 2.29 bits per heavy atom. The second kappa shape index (κ2) is 14.4. The number of carbonyl (C=O) groups is 3. The molecule has 268 valence electrons. The first kappa shape index (κ1) is 36.1. The summed E-state index contributed by atoms with van der Waals surface area (Å²) >= 11 is 0. The number of rotatable bonds is 9. The van der Waals surface area contributed by atoms with Crippen LogP contribution in [0.25, 0.3) is 0 Å². The number of carboxylic acids is 3. The molecule has 1 unspecified atom stereocenters. The van der Waals surface area contributed by atoms with Crippen LogP contribution in [0, 0.1) is 0 Å². The highest BCUT2D eigenvalue weighted by Crippen LogP contribution is 2.41. The molecule has 0 amide bonds. The van der Waals surface area contributed by atoms with Crippen LogP contribution in [0.3, 0.4) is 0 Å². The molecule has 1 aromatic carbocycles. The largest absolute Gasteiger partial charge is 0.504 e. The van der Waals surface area contributed by atoms with Crippen molar-refractivity contribution in [3.05, 3.63) is 41.1 Å². The fourth-order valence-corrected chi connectivity index (χ4v) is 5.99. The van der Waals surface area contributed by atoms with Crippen LogP contribution in [-0.2, 0) is 35.0 Å². The molecule has 5 rings (SSSR count). The lowest BCUT2D eigenvalue weighted by Crippen LogP contribution is -2.64. The molecule has 4 aliphatic heterocycles. The van der Waals surface area contributed by atoms with Crippen molar-refractivity contribution in [1.29, 1.82) is 0 Å². The quantitative estimate of drug-likeness (QED) is 0.111. The summed E-state index contributed by atoms with van der Waals surface area (Å²) in [5, 5.41) is 104. The van der Waals surface area contributed by atoms with E-state index in [2.05, 4.69) is 5.32 Å². The van der Waals surface area contributed by atoms with Gasteiger partial charge in [-0.1, -0.05) is 0 Å². The average molecular weight is 698 g/mol. The van der Waals surface area contributed by atoms with Gasteiger partial charge in [0.25, 0.3) is 6.04 Å². The Bertz CT molecular complexity index is 1560. The number of hydrogen-bond donors (Lipinski definition) is 11. The van der Waals surface area contributed by atoms with Gasteiger partial charge in [-0.3, -0.25) is 0 Å². The zero-order valence-electron chi connectivity index (χ0n) is 25.7. The van der Waals surface area contributed by atoms with Crippen LogP contribution in [0.5, 0.6) is 11.5 Å². The van der Waals surface area contributed by atoms with Crippen LogP contribution in [0.2, 0.25) is 0 Å². The molecule has 49 heavy (non-hydrogen) atoms. The minimum absolute atomic E-state index is 0.0971. The van der Waals surface area contributed by atoms with Gasteiger partial charge in [0.2, 0.25) is 12.0 Å². The molecule has 0 spiro atoms. The van der Waals surface area contributed by atoms with Crippen molar-refractivity contribution in [2.24, 2.45) is 0 Å². The van der Waals surface area contributed by atoms with Crippen molar-refractivity contribution >= 4 is 29.8 Å². The Kier molecular flexibility index (Phi) is 10.6. The van der Waals surface area contributed by atoms with Crippen molar-refractivity contribution in [1.82, 2.24) is 5.32 Å². The number of allylic oxidation sites excluding steroid dienone is 2. The molecule has 19 nitrogen and oxygen atoms in total. The minimum atomic E-state index is -1.85. The Morgan fingerprint density at radius 2 is 1.65 bits per heavy atom. The lowest BCUT2D eigenvalue weighted by Gasteiger charge is -2.45. The van der Waals surface area contributed by atoms with Gasteiger partial charge in [-0.05, 0) is 24.6 Å². The number of hydrogen-bond acceptors (Lipinski definition) is 15. The van der Waals surface area contributed by atoms with E-state index in [0.29, 0.717) is 5.56 Å². The average Bonchev–Trinajstić information content (AvgIpc) is 3.41. The maximum Gasteiger partial charge on any atom is 0.373 e. The first-order valence-electron chi connectivity index (χ1n) is 15.1. The monoisotopic (exact) mass is 697 g/mol. The zero-order valence-corrected chi connectivity index (χ0v) is 25.7. The Hall–Kier alpha value is -4.18. The maximum absolute atomic E-state index is 12.2. The molecule has 12 atom stereocenters. The number of nitrogens with one attached hydrogen (secondary N) is 1. The summed E-state index contributed by atoms with van der Waals surface area (Å²) in [7, 11) is 0. The van der Waals surface area contributed by atoms with Gasteiger partial charge in [0.15, 0.2) is 30.1 Å². The maximum atomic E-state index is 12.2. The van der Waals surface area contributed by atoms with E-state index < -0.39 is 104 Å². The van der Waals surface area contributed by atoms with E-state index in [1.807, 2.05) is 0 Å². The number of ether oxygens (including phenoxy) is 4. The van der Waals surface area contributed by atoms with E-state index in [1.165, 1.54) is 42.0 Å². The molecule has 2 fully saturated rings. The molecule has 11 N–H and O–H groups in total. The van der Waals surface area contributed by atoms with E-state index in [9.17, 15) is 65.4 Å². The van der Waals surface area contributed by atoms with Crippen LogP contribution in [0.4, 0.5) is 5.69 Å². The number of nitrogens with zero attached hydrogens (tertiary/aromatic N) is 1. The normalized spacial score (nSPS) is 37.7. The number of aliphatic hydroxyl groups excluding tert-OH is 6. The van der Waals surface area contributed by atoms with Crippen LogP contribution in [0.15, 0.2) is 35.6 Å². The number of phenolic OH excluding ortho intramolecular Hbond substituents is 1. The van der Waals surface area contributed by atoms with E-state index in [-0.39, 0.29) is 35.5 Å². The third-order valence-corrected chi connectivity index (χ3v) is 8.72. The summed E-state index contributed by atoms with van der Waals surface area (Å²) in [6, 6.07) is -0.0138. The first-order chi connectivity index (χ1) is 23.1. The smallest absolute Gasteiger partial charge is 0.373 e. The second-order valence-electron chi connectivity index (χ2n) is 12.0. The molecule has 0 bridgehead atoms. The number of benzene rings is 1. The van der Waals surface area contributed by atoms with Gasteiger partial charge in [-0.25, -0.2) is 14.4 Å². The summed E-state index contributed by atoms with van der Waals surface area (Å²) in [6.45, 7) is 0.594. The standard InChI is InChI=1S/C30H36N2O17/c1-10-20(35)22(37)24(39)29(46-10)49-25-23(38)21(36)19(9-33)48-30(25)47-18-8-15-12(7-17(18)34)6-16(28(44)45)32(15)3-2-11-4-13(26(40)41)31-14(5-11)27(42)43/h2-4,7-8,10,14,16,19-25,29-30,33,35-39H,5-6,9H2,1H3,(H4,34,40,41,42,43,44,45)/p+1/t10-,14-,16?,19-,20-,21-,22-,23-,24-,25-,29+,30+/m1/s1. The number of aliphatic carboxylic acids is 3. The predicted octanol–water partition coefficient (Wildman–Crippen LogP) is -3.51. The lowest BCUT2D eigenvalue weighted by atomic mass is 9.97. The van der Waals surface area contributed by atoms with Gasteiger partial charge in [-0.15, -0.1) is 0 Å². The fourth-order valence-electron chi connectivity index (χ4n) is 5.99. The number of aromatic hydroxyl groups is 1. The van der Waals surface area contributed by atoms with Gasteiger partial charge in [0.05, 0.1) is 25.2 Å². The summed E-state index contributed by atoms with van der Waals surface area (Å²) in [4.78, 5) is 35.4. The Morgan fingerprint density at radius 1 is 0.939 bits per heavy atom. The number of carboxylic acid groups (broad SMARTS) is 3. The highest BCUT2D eigenvalue weighted by molar-refractivity contribution is 5.89. The molecule has 4 aliphatic rings. The minimum Gasteiger partial charge on any atom is -0.504 e. The number of phenols is 1.